The van der Waals surface area contributed by atoms with Gasteiger partial charge in [-0.1, -0.05) is 131 Å². The van der Waals surface area contributed by atoms with E-state index in [0.29, 0.717) is 11.5 Å². The smallest absolute Gasteiger partial charge is 0.497 e. The van der Waals surface area contributed by atoms with Crippen LogP contribution in [0.1, 0.15) is 0 Å². The Morgan fingerprint density at radius 1 is 0.457 bits per heavy atom. The van der Waals surface area contributed by atoms with Gasteiger partial charge in [-0.05, 0) is 45.8 Å². The summed E-state index contributed by atoms with van der Waals surface area (Å²) in [6.45, 7) is 0. The zero-order valence-electron chi connectivity index (χ0n) is 24.4. The first-order valence-electron chi connectivity index (χ1n) is 14.6. The Kier molecular flexibility index (Phi) is 8.16. The van der Waals surface area contributed by atoms with Crippen LogP contribution in [0.25, 0.3) is 66.3 Å². The fourth-order valence-electron chi connectivity index (χ4n) is 5.62. The van der Waals surface area contributed by atoms with Crippen LogP contribution in [0.15, 0.2) is 146 Å². The van der Waals surface area contributed by atoms with Crippen LogP contribution in [-0.2, 0) is 21.1 Å². The van der Waals surface area contributed by atoms with Gasteiger partial charge in [0.05, 0.1) is 0 Å². The van der Waals surface area contributed by atoms with Crippen LogP contribution in [-0.4, -0.2) is 19.9 Å². The topological polar surface area (TPSA) is 60.8 Å². The molecule has 4 aromatic carbocycles. The first kappa shape index (κ1) is 29.2. The Hall–Kier alpha value is -5.51. The molecule has 0 fully saturated rings. The maximum atomic E-state index is 6.53. The SMILES string of the molecule is [Pt+2].[c-]1c(Oc2[c-]c(-c3cc(-c4ccccc4)ccn3)c3ccncc3c2)cc2cnccc2c1-c1cc(-c2ccccc2)ccn1. The summed E-state index contributed by atoms with van der Waals surface area (Å²) in [5, 5.41) is 3.83. The van der Waals surface area contributed by atoms with Crippen molar-refractivity contribution in [3.05, 3.63) is 159 Å². The maximum absolute atomic E-state index is 6.53. The van der Waals surface area contributed by atoms with Gasteiger partial charge in [-0.15, -0.1) is 11.1 Å². The second-order valence-corrected chi connectivity index (χ2v) is 10.6. The zero-order chi connectivity index (χ0) is 30.0. The molecule has 0 radical (unpaired) electrons. The number of ether oxygens (including phenoxy) is 1. The van der Waals surface area contributed by atoms with E-state index in [9.17, 15) is 0 Å². The van der Waals surface area contributed by atoms with E-state index < -0.39 is 0 Å². The monoisotopic (exact) mass is 771 g/mol. The van der Waals surface area contributed by atoms with E-state index in [1.165, 1.54) is 0 Å². The van der Waals surface area contributed by atoms with Gasteiger partial charge in [0.1, 0.15) is 0 Å². The molecule has 0 aliphatic rings. The fourth-order valence-corrected chi connectivity index (χ4v) is 5.62. The van der Waals surface area contributed by atoms with Crippen molar-refractivity contribution >= 4 is 21.5 Å². The molecule has 4 aromatic heterocycles. The van der Waals surface area contributed by atoms with Gasteiger partial charge in [-0.2, -0.15) is 0 Å². The third-order valence-electron chi connectivity index (χ3n) is 7.78. The molecule has 5 nitrogen and oxygen atoms in total. The third-order valence-corrected chi connectivity index (χ3v) is 7.78. The van der Waals surface area contributed by atoms with Gasteiger partial charge in [-0.3, -0.25) is 9.97 Å². The van der Waals surface area contributed by atoms with Gasteiger partial charge < -0.3 is 14.7 Å². The van der Waals surface area contributed by atoms with Crippen LogP contribution in [0.4, 0.5) is 0 Å². The van der Waals surface area contributed by atoms with Crippen LogP contribution >= 0.6 is 0 Å². The number of rotatable bonds is 6. The molecule has 0 saturated carbocycles. The van der Waals surface area contributed by atoms with Crippen molar-refractivity contribution in [1.29, 1.82) is 0 Å². The molecule has 46 heavy (non-hydrogen) atoms. The largest absolute Gasteiger partial charge is 2.00 e. The van der Waals surface area contributed by atoms with Crippen molar-refractivity contribution in [1.82, 2.24) is 19.9 Å². The van der Waals surface area contributed by atoms with Crippen LogP contribution in [0.2, 0.25) is 0 Å². The van der Waals surface area contributed by atoms with E-state index in [1.807, 2.05) is 97.6 Å². The van der Waals surface area contributed by atoms with Crippen LogP contribution in [0, 0.1) is 12.1 Å². The number of nitrogens with zero attached hydrogens (tertiary/aromatic N) is 4. The molecule has 6 heteroatoms. The van der Waals surface area contributed by atoms with Gasteiger partial charge in [0.2, 0.25) is 0 Å². The first-order valence-corrected chi connectivity index (χ1v) is 14.6. The number of fused-ring (bicyclic) bond motifs is 2. The molecule has 0 N–H and O–H groups in total. The van der Waals surface area contributed by atoms with Crippen LogP contribution in [0.3, 0.4) is 0 Å². The summed E-state index contributed by atoms with van der Waals surface area (Å²) < 4.78 is 6.53. The summed E-state index contributed by atoms with van der Waals surface area (Å²) >= 11 is 0. The second-order valence-electron chi connectivity index (χ2n) is 10.6. The number of pyridine rings is 4. The summed E-state index contributed by atoms with van der Waals surface area (Å²) in [7, 11) is 0. The van der Waals surface area contributed by atoms with Gasteiger partial charge in [0.15, 0.2) is 0 Å². The second kappa shape index (κ2) is 12.8. The van der Waals surface area contributed by atoms with Crippen molar-refractivity contribution in [2.75, 3.05) is 0 Å². The first-order chi connectivity index (χ1) is 22.3. The molecule has 0 saturated heterocycles. The summed E-state index contributed by atoms with van der Waals surface area (Å²) in [6.07, 6.45) is 10.9. The van der Waals surface area contributed by atoms with E-state index in [2.05, 4.69) is 58.5 Å². The molecular formula is C40H24N4OPt. The zero-order valence-corrected chi connectivity index (χ0v) is 26.6. The van der Waals surface area contributed by atoms with Crippen molar-refractivity contribution in [3.63, 3.8) is 0 Å². The van der Waals surface area contributed by atoms with E-state index in [-0.39, 0.29) is 21.1 Å². The van der Waals surface area contributed by atoms with Crippen LogP contribution < -0.4 is 4.74 Å². The van der Waals surface area contributed by atoms with E-state index in [0.717, 1.165) is 66.3 Å². The summed E-state index contributed by atoms with van der Waals surface area (Å²) in [6, 6.07) is 43.6. The number of hydrogen-bond acceptors (Lipinski definition) is 5. The van der Waals surface area contributed by atoms with Crippen molar-refractivity contribution in [2.45, 2.75) is 0 Å². The van der Waals surface area contributed by atoms with Gasteiger partial charge >= 0.3 is 21.1 Å². The molecule has 8 rings (SSSR count). The Morgan fingerprint density at radius 2 is 0.913 bits per heavy atom. The summed E-state index contributed by atoms with van der Waals surface area (Å²) in [5.74, 6) is 1.07. The molecule has 0 unspecified atom stereocenters. The van der Waals surface area contributed by atoms with Crippen molar-refractivity contribution in [3.8, 4) is 56.3 Å². The summed E-state index contributed by atoms with van der Waals surface area (Å²) in [4.78, 5) is 18.2. The summed E-state index contributed by atoms with van der Waals surface area (Å²) in [5.41, 5.74) is 7.66. The van der Waals surface area contributed by atoms with E-state index in [1.54, 1.807) is 12.4 Å². The Balaban J connectivity index is 0.00000338. The Morgan fingerprint density at radius 3 is 1.37 bits per heavy atom. The Bertz CT molecular complexity index is 2150. The number of benzene rings is 4. The average Bonchev–Trinajstić information content (AvgIpc) is 3.12. The minimum absolute atomic E-state index is 0. The van der Waals surface area contributed by atoms with Crippen molar-refractivity contribution in [2.24, 2.45) is 0 Å². The van der Waals surface area contributed by atoms with Gasteiger partial charge in [0.25, 0.3) is 0 Å². The molecule has 0 aliphatic carbocycles. The predicted molar refractivity (Wildman–Crippen MR) is 179 cm³/mol. The van der Waals surface area contributed by atoms with Crippen molar-refractivity contribution < 1.29 is 25.8 Å². The third kappa shape index (κ3) is 5.81. The molecular weight excluding hydrogens is 748 g/mol. The van der Waals surface area contributed by atoms with E-state index in [4.69, 9.17) is 14.7 Å². The molecule has 220 valence electrons. The molecule has 0 spiro atoms. The standard InChI is InChI=1S/C40H24N4O.Pt/c1-3-7-27(8-4-1)29-11-17-43-39(21-29)37-23-33(19-31-25-41-15-13-35(31)37)45-34-20-32-26-42-16-14-36(32)38(24-34)40-22-30(12-18-44-40)28-9-5-2-6-10-28;/h1-22,25-26H;/q-2;+2. The molecule has 0 bridgehead atoms. The maximum Gasteiger partial charge on any atom is 2.00 e. The van der Waals surface area contributed by atoms with Gasteiger partial charge in [0, 0.05) is 48.7 Å². The van der Waals surface area contributed by atoms with Gasteiger partial charge in [-0.25, -0.2) is 0 Å². The van der Waals surface area contributed by atoms with Crippen LogP contribution in [0.5, 0.6) is 11.5 Å². The number of hydrogen-bond donors (Lipinski definition) is 0. The normalized spacial score (nSPS) is 10.9. The molecule has 0 atom stereocenters. The number of aromatic nitrogens is 4. The minimum Gasteiger partial charge on any atom is -0.497 e. The fraction of sp³-hybridized carbons (Fsp3) is 0. The van der Waals surface area contributed by atoms with E-state index >= 15 is 0 Å². The minimum atomic E-state index is 0. The Labute approximate surface area is 280 Å². The molecule has 4 heterocycles. The quantitative estimate of drug-likeness (QED) is 0.158. The average molecular weight is 772 g/mol. The molecule has 8 aromatic rings. The predicted octanol–water partition coefficient (Wildman–Crippen LogP) is 9.63. The molecule has 0 amide bonds. The molecule has 0 aliphatic heterocycles.